The SMILES string of the molecule is CCCC(C)(C)c1ccc2c(-c3ccc(-c4ccc(-c5ccc6c(c5)c5ccccc5n6-c5ccccc5)cc4)cc3)c3cc(C(C)(C)C)ccc3c(-c3ccc(-c4ccc(-c5ccc6c(c5)c5cc(C(C)(C)CCC)ccc5n6-c5ccccc5)cc4)cc3)c2c1. The lowest BCUT2D eigenvalue weighted by atomic mass is 9.77. The average molecular weight is 1190 g/mol. The molecule has 0 fully saturated rings. The summed E-state index contributed by atoms with van der Waals surface area (Å²) in [5.74, 6) is 0. The fourth-order valence-electron chi connectivity index (χ4n) is 15.1. The van der Waals surface area contributed by atoms with Crippen LogP contribution in [-0.4, -0.2) is 9.13 Å². The third kappa shape index (κ3) is 10.3. The fraction of sp³-hybridized carbons (Fsp3) is 0.178. The molecule has 2 nitrogen and oxygen atoms in total. The van der Waals surface area contributed by atoms with Gasteiger partial charge in [0, 0.05) is 32.9 Å². The highest BCUT2D eigenvalue weighted by Crippen LogP contribution is 2.48. The van der Waals surface area contributed by atoms with Gasteiger partial charge in [-0.3, -0.25) is 0 Å². The van der Waals surface area contributed by atoms with Crippen LogP contribution in [0, 0.1) is 0 Å². The van der Waals surface area contributed by atoms with Crippen LogP contribution in [0.4, 0.5) is 0 Å². The molecule has 0 saturated heterocycles. The van der Waals surface area contributed by atoms with Crippen LogP contribution in [0.2, 0.25) is 0 Å². The molecule has 0 radical (unpaired) electrons. The molecular weight excluding hydrogens is 1110 g/mol. The number of aromatic nitrogens is 2. The first-order valence-electron chi connectivity index (χ1n) is 33.3. The van der Waals surface area contributed by atoms with Crippen molar-refractivity contribution in [3.63, 3.8) is 0 Å². The molecule has 0 aliphatic rings. The summed E-state index contributed by atoms with van der Waals surface area (Å²) in [6.45, 7) is 21.2. The molecule has 0 atom stereocenters. The molecule has 15 aromatic rings. The number of fused-ring (bicyclic) bond motifs is 8. The van der Waals surface area contributed by atoms with Crippen LogP contribution in [-0.2, 0) is 16.2 Å². The molecule has 92 heavy (non-hydrogen) atoms. The van der Waals surface area contributed by atoms with Crippen molar-refractivity contribution in [2.24, 2.45) is 0 Å². The lowest BCUT2D eigenvalue weighted by Gasteiger charge is -2.27. The molecule has 2 heterocycles. The molecule has 0 saturated carbocycles. The van der Waals surface area contributed by atoms with Crippen LogP contribution in [0.5, 0.6) is 0 Å². The summed E-state index contributed by atoms with van der Waals surface area (Å²) >= 11 is 0. The largest absolute Gasteiger partial charge is 0.309 e. The van der Waals surface area contributed by atoms with Gasteiger partial charge in [0.25, 0.3) is 0 Å². The zero-order chi connectivity index (χ0) is 63.0. The van der Waals surface area contributed by atoms with E-state index in [1.165, 1.54) is 160 Å². The quantitative estimate of drug-likeness (QED) is 0.0961. The van der Waals surface area contributed by atoms with Crippen molar-refractivity contribution in [1.29, 1.82) is 0 Å². The second kappa shape index (κ2) is 23.0. The molecule has 0 N–H and O–H groups in total. The summed E-state index contributed by atoms with van der Waals surface area (Å²) in [5.41, 5.74) is 26.1. The first-order chi connectivity index (χ1) is 44.6. The summed E-state index contributed by atoms with van der Waals surface area (Å²) in [7, 11) is 0. The zero-order valence-corrected chi connectivity index (χ0v) is 54.7. The van der Waals surface area contributed by atoms with Gasteiger partial charge in [-0.1, -0.05) is 269 Å². The minimum absolute atomic E-state index is 0.00987. The minimum Gasteiger partial charge on any atom is -0.309 e. The smallest absolute Gasteiger partial charge is 0.0541 e. The molecule has 0 unspecified atom stereocenters. The van der Waals surface area contributed by atoms with Crippen LogP contribution in [0.15, 0.2) is 273 Å². The molecular formula is C90H80N2. The predicted octanol–water partition coefficient (Wildman–Crippen LogP) is 25.6. The maximum atomic E-state index is 2.53. The van der Waals surface area contributed by atoms with E-state index in [9.17, 15) is 0 Å². The second-order valence-corrected chi connectivity index (χ2v) is 28.2. The summed E-state index contributed by atoms with van der Waals surface area (Å²) < 4.78 is 4.81. The van der Waals surface area contributed by atoms with Crippen LogP contribution in [0.3, 0.4) is 0 Å². The van der Waals surface area contributed by atoms with Crippen molar-refractivity contribution in [3.8, 4) is 78.1 Å². The van der Waals surface area contributed by atoms with Gasteiger partial charge in [0.1, 0.15) is 0 Å². The highest BCUT2D eigenvalue weighted by molar-refractivity contribution is 6.22. The lowest BCUT2D eigenvalue weighted by molar-refractivity contribution is 0.473. The van der Waals surface area contributed by atoms with Gasteiger partial charge in [-0.25, -0.2) is 0 Å². The van der Waals surface area contributed by atoms with Crippen molar-refractivity contribution in [3.05, 3.63) is 290 Å². The van der Waals surface area contributed by atoms with Gasteiger partial charge in [-0.2, -0.15) is 0 Å². The summed E-state index contributed by atoms with van der Waals surface area (Å²) in [5, 5.41) is 10.2. The molecule has 0 amide bonds. The highest BCUT2D eigenvalue weighted by Gasteiger charge is 2.26. The molecule has 13 aromatic carbocycles. The maximum Gasteiger partial charge on any atom is 0.0541 e. The van der Waals surface area contributed by atoms with E-state index in [0.717, 1.165) is 25.7 Å². The van der Waals surface area contributed by atoms with E-state index in [-0.39, 0.29) is 16.2 Å². The predicted molar refractivity (Wildman–Crippen MR) is 397 cm³/mol. The van der Waals surface area contributed by atoms with Crippen molar-refractivity contribution < 1.29 is 0 Å². The number of rotatable bonds is 14. The van der Waals surface area contributed by atoms with Crippen molar-refractivity contribution >= 4 is 65.2 Å². The maximum absolute atomic E-state index is 2.53. The third-order valence-electron chi connectivity index (χ3n) is 20.2. The molecule has 15 rings (SSSR count). The Morgan fingerprint density at radius 2 is 0.543 bits per heavy atom. The molecule has 450 valence electrons. The van der Waals surface area contributed by atoms with Gasteiger partial charge in [0.2, 0.25) is 0 Å². The van der Waals surface area contributed by atoms with E-state index in [4.69, 9.17) is 0 Å². The fourth-order valence-corrected chi connectivity index (χ4v) is 15.1. The molecule has 0 bridgehead atoms. The van der Waals surface area contributed by atoms with E-state index < -0.39 is 0 Å². The zero-order valence-electron chi connectivity index (χ0n) is 54.7. The van der Waals surface area contributed by atoms with Crippen molar-refractivity contribution in [2.75, 3.05) is 0 Å². The highest BCUT2D eigenvalue weighted by atomic mass is 15.0. The van der Waals surface area contributed by atoms with E-state index in [2.05, 4.69) is 344 Å². The first kappa shape index (κ1) is 58.4. The Hall–Kier alpha value is -10.0. The summed E-state index contributed by atoms with van der Waals surface area (Å²) in [6.07, 6.45) is 4.53. The van der Waals surface area contributed by atoms with Gasteiger partial charge < -0.3 is 9.13 Å². The lowest BCUT2D eigenvalue weighted by Crippen LogP contribution is -2.16. The Balaban J connectivity index is 0.780. The normalized spacial score (nSPS) is 12.4. The van der Waals surface area contributed by atoms with Gasteiger partial charge >= 0.3 is 0 Å². The Morgan fingerprint density at radius 1 is 0.239 bits per heavy atom. The molecule has 0 aliphatic carbocycles. The van der Waals surface area contributed by atoms with E-state index in [0.29, 0.717) is 0 Å². The molecule has 0 aliphatic heterocycles. The topological polar surface area (TPSA) is 9.86 Å². The Morgan fingerprint density at radius 3 is 0.967 bits per heavy atom. The van der Waals surface area contributed by atoms with E-state index >= 15 is 0 Å². The van der Waals surface area contributed by atoms with Gasteiger partial charge in [-0.15, -0.1) is 0 Å². The van der Waals surface area contributed by atoms with Crippen LogP contribution in [0.1, 0.15) is 105 Å². The summed E-state index contributed by atoms with van der Waals surface area (Å²) in [4.78, 5) is 0. The van der Waals surface area contributed by atoms with Crippen molar-refractivity contribution in [1.82, 2.24) is 9.13 Å². The molecule has 2 aromatic heterocycles. The third-order valence-corrected chi connectivity index (χ3v) is 20.2. The van der Waals surface area contributed by atoms with Crippen LogP contribution in [0.25, 0.3) is 143 Å². The number of hydrogen-bond donors (Lipinski definition) is 0. The second-order valence-electron chi connectivity index (χ2n) is 28.2. The van der Waals surface area contributed by atoms with Gasteiger partial charge in [-0.05, 0) is 213 Å². The Bertz CT molecular complexity index is 5260. The Labute approximate surface area is 543 Å². The van der Waals surface area contributed by atoms with E-state index in [1.807, 2.05) is 0 Å². The van der Waals surface area contributed by atoms with E-state index in [1.54, 1.807) is 0 Å². The number of nitrogens with zero attached hydrogens (tertiary/aromatic N) is 2. The Kier molecular flexibility index (Phi) is 14.6. The van der Waals surface area contributed by atoms with Crippen LogP contribution >= 0.6 is 0 Å². The molecule has 2 heteroatoms. The monoisotopic (exact) mass is 1190 g/mol. The van der Waals surface area contributed by atoms with Gasteiger partial charge in [0.15, 0.2) is 0 Å². The minimum atomic E-state index is -0.0421. The number of para-hydroxylation sites is 3. The van der Waals surface area contributed by atoms with Gasteiger partial charge in [0.05, 0.1) is 22.1 Å². The molecule has 0 spiro atoms. The standard InChI is InChI=1S/C90H80N2/c1-10-52-89(6,7)70-45-48-76-81(58-70)87(66-40-36-62(37-41-66)60-28-32-64(33-29-60)68-43-50-84-78(55-68)79-57-71(90(8,9)53-11-2)46-51-85(79)92(84)73-22-16-13-17-23-73)75-47-44-69(88(3,4)5)56-80(75)86(76)65-38-34-61(35-39-65)59-26-30-63(31-27-59)67-42-49-83-77(54-67)74-24-18-19-25-82(74)91(83)72-20-14-12-15-21-72/h12-51,54-58H,10-11,52-53H2,1-9H3. The number of hydrogen-bond acceptors (Lipinski definition) is 0. The average Bonchev–Trinajstić information content (AvgIpc) is 0.852. The summed E-state index contributed by atoms with van der Waals surface area (Å²) in [6, 6.07) is 103. The van der Waals surface area contributed by atoms with Crippen molar-refractivity contribution in [2.45, 2.75) is 104 Å². The first-order valence-corrected chi connectivity index (χ1v) is 33.3. The van der Waals surface area contributed by atoms with Crippen LogP contribution < -0.4 is 0 Å². The number of benzene rings is 13.